The molecule has 2 rings (SSSR count). The number of benzene rings is 2. The summed E-state index contributed by atoms with van der Waals surface area (Å²) in [6, 6.07) is 13.0. The molecule has 3 N–H and O–H groups in total. The largest absolute Gasteiger partial charge is 0.481 e. The van der Waals surface area contributed by atoms with E-state index in [9.17, 15) is 9.90 Å². The number of rotatable bonds is 3. The van der Waals surface area contributed by atoms with E-state index in [1.165, 1.54) is 0 Å². The molecule has 0 amide bonds. The maximum absolute atomic E-state index is 11.7. The summed E-state index contributed by atoms with van der Waals surface area (Å²) >= 11 is 0. The summed E-state index contributed by atoms with van der Waals surface area (Å²) in [6.45, 7) is 3.88. The molecule has 98 valence electrons. The van der Waals surface area contributed by atoms with Crippen molar-refractivity contribution in [2.45, 2.75) is 19.8 Å². The number of carboxylic acids is 1. The molecule has 0 spiro atoms. The average Bonchev–Trinajstić information content (AvgIpc) is 2.36. The first-order valence-corrected chi connectivity index (χ1v) is 6.15. The van der Waals surface area contributed by atoms with Crippen molar-refractivity contribution in [1.82, 2.24) is 0 Å². The molecule has 0 aliphatic heterocycles. The molecule has 2 aromatic carbocycles. The van der Waals surface area contributed by atoms with Crippen LogP contribution in [-0.2, 0) is 4.79 Å². The second kappa shape index (κ2) is 5.14. The van der Waals surface area contributed by atoms with Crippen molar-refractivity contribution in [1.29, 1.82) is 0 Å². The number of nitrogen functional groups attached to an aromatic ring is 1. The zero-order valence-corrected chi connectivity index (χ0v) is 11.1. The van der Waals surface area contributed by atoms with Crippen molar-refractivity contribution in [3.63, 3.8) is 0 Å². The highest BCUT2D eigenvalue weighted by atomic mass is 16.4. The molecule has 0 aliphatic rings. The number of carbonyl (C=O) groups is 1. The zero-order valence-electron chi connectivity index (χ0n) is 11.1. The first kappa shape index (κ1) is 13.1. The minimum atomic E-state index is -0.883. The molecule has 1 atom stereocenters. The molecule has 0 radical (unpaired) electrons. The molecule has 3 heteroatoms. The van der Waals surface area contributed by atoms with E-state index in [4.69, 9.17) is 5.73 Å². The highest BCUT2D eigenvalue weighted by Gasteiger charge is 2.25. The Labute approximate surface area is 112 Å². The quantitative estimate of drug-likeness (QED) is 0.828. The van der Waals surface area contributed by atoms with Gasteiger partial charge in [0.15, 0.2) is 0 Å². The van der Waals surface area contributed by atoms with Gasteiger partial charge in [-0.05, 0) is 36.6 Å². The fourth-order valence-corrected chi connectivity index (χ4v) is 2.28. The Balaban J connectivity index is 2.62. The molecule has 0 saturated heterocycles. The van der Waals surface area contributed by atoms with Crippen LogP contribution >= 0.6 is 0 Å². The van der Waals surface area contributed by atoms with Gasteiger partial charge < -0.3 is 10.8 Å². The molecular weight excluding hydrogens is 238 g/mol. The number of carboxylic acid groups (broad SMARTS) is 1. The van der Waals surface area contributed by atoms with Crippen molar-refractivity contribution < 1.29 is 9.90 Å². The van der Waals surface area contributed by atoms with E-state index in [0.29, 0.717) is 11.3 Å². The number of aliphatic carboxylic acids is 1. The average molecular weight is 255 g/mol. The second-order valence-electron chi connectivity index (χ2n) is 4.76. The molecule has 0 aromatic heterocycles. The molecule has 19 heavy (non-hydrogen) atoms. The second-order valence-corrected chi connectivity index (χ2v) is 4.76. The minimum Gasteiger partial charge on any atom is -0.481 e. The normalized spacial score (nSPS) is 12.1. The van der Waals surface area contributed by atoms with Crippen molar-refractivity contribution in [2.24, 2.45) is 0 Å². The van der Waals surface area contributed by atoms with E-state index in [-0.39, 0.29) is 0 Å². The molecule has 0 fully saturated rings. The number of para-hydroxylation sites is 1. The Hall–Kier alpha value is -2.29. The van der Waals surface area contributed by atoms with E-state index in [0.717, 1.165) is 16.7 Å². The maximum Gasteiger partial charge on any atom is 0.315 e. The summed E-state index contributed by atoms with van der Waals surface area (Å²) in [6.07, 6.45) is 0. The van der Waals surface area contributed by atoms with Crippen LogP contribution < -0.4 is 5.73 Å². The summed E-state index contributed by atoms with van der Waals surface area (Å²) < 4.78 is 0. The van der Waals surface area contributed by atoms with Crippen molar-refractivity contribution in [3.05, 3.63) is 64.7 Å². The molecule has 0 aliphatic carbocycles. The fraction of sp³-hybridized carbons (Fsp3) is 0.188. The Kier molecular flexibility index (Phi) is 3.56. The third-order valence-corrected chi connectivity index (χ3v) is 3.30. The summed E-state index contributed by atoms with van der Waals surface area (Å²) in [5, 5.41) is 9.56. The van der Waals surface area contributed by atoms with Gasteiger partial charge in [0.2, 0.25) is 0 Å². The first-order chi connectivity index (χ1) is 9.00. The van der Waals surface area contributed by atoms with E-state index in [1.54, 1.807) is 18.2 Å². The van der Waals surface area contributed by atoms with E-state index >= 15 is 0 Å². The van der Waals surface area contributed by atoms with Crippen LogP contribution in [0.15, 0.2) is 42.5 Å². The Morgan fingerprint density at radius 3 is 2.42 bits per heavy atom. The SMILES string of the molecule is Cc1ccc(C)c(C(C(=O)O)c2ccccc2N)c1. The van der Waals surface area contributed by atoms with Crippen LogP contribution in [0.3, 0.4) is 0 Å². The Morgan fingerprint density at radius 2 is 1.79 bits per heavy atom. The fourth-order valence-electron chi connectivity index (χ4n) is 2.28. The predicted molar refractivity (Wildman–Crippen MR) is 76.2 cm³/mol. The lowest BCUT2D eigenvalue weighted by Crippen LogP contribution is -2.16. The number of aryl methyl sites for hydroxylation is 2. The highest BCUT2D eigenvalue weighted by Crippen LogP contribution is 2.31. The minimum absolute atomic E-state index is 0.510. The number of hydrogen-bond donors (Lipinski definition) is 2. The van der Waals surface area contributed by atoms with E-state index in [2.05, 4.69) is 0 Å². The van der Waals surface area contributed by atoms with Gasteiger partial charge in [-0.2, -0.15) is 0 Å². The molecule has 0 bridgehead atoms. The van der Waals surface area contributed by atoms with Gasteiger partial charge in [0.05, 0.1) is 0 Å². The summed E-state index contributed by atoms with van der Waals surface area (Å²) in [4.78, 5) is 11.7. The Bertz CT molecular complexity index is 620. The third-order valence-electron chi connectivity index (χ3n) is 3.30. The van der Waals surface area contributed by atoms with Gasteiger partial charge in [0.25, 0.3) is 0 Å². The number of nitrogens with two attached hydrogens (primary N) is 1. The molecule has 2 aromatic rings. The van der Waals surface area contributed by atoms with Crippen LogP contribution in [0.1, 0.15) is 28.2 Å². The Morgan fingerprint density at radius 1 is 1.11 bits per heavy atom. The summed E-state index contributed by atoms with van der Waals surface area (Å²) in [5.74, 6) is -1.60. The molecule has 1 unspecified atom stereocenters. The van der Waals surface area contributed by atoms with Gasteiger partial charge in [-0.25, -0.2) is 0 Å². The topological polar surface area (TPSA) is 63.3 Å². The van der Waals surface area contributed by atoms with Crippen LogP contribution in [0.2, 0.25) is 0 Å². The molecular formula is C16H17NO2. The predicted octanol–water partition coefficient (Wildman–Crippen LogP) is 3.10. The van der Waals surface area contributed by atoms with Crippen LogP contribution in [0.25, 0.3) is 0 Å². The number of anilines is 1. The van der Waals surface area contributed by atoms with Gasteiger partial charge in [0.1, 0.15) is 5.92 Å². The van der Waals surface area contributed by atoms with E-state index < -0.39 is 11.9 Å². The summed E-state index contributed by atoms with van der Waals surface area (Å²) in [5.41, 5.74) is 9.87. The van der Waals surface area contributed by atoms with Gasteiger partial charge in [-0.15, -0.1) is 0 Å². The van der Waals surface area contributed by atoms with Crippen molar-refractivity contribution in [2.75, 3.05) is 5.73 Å². The lowest BCUT2D eigenvalue weighted by atomic mass is 9.87. The maximum atomic E-state index is 11.7. The van der Waals surface area contributed by atoms with Crippen LogP contribution in [0, 0.1) is 13.8 Å². The first-order valence-electron chi connectivity index (χ1n) is 6.15. The van der Waals surface area contributed by atoms with Crippen LogP contribution in [0.5, 0.6) is 0 Å². The van der Waals surface area contributed by atoms with Gasteiger partial charge >= 0.3 is 5.97 Å². The third kappa shape index (κ3) is 2.60. The molecule has 0 heterocycles. The van der Waals surface area contributed by atoms with Crippen LogP contribution in [0.4, 0.5) is 5.69 Å². The van der Waals surface area contributed by atoms with Crippen molar-refractivity contribution >= 4 is 11.7 Å². The summed E-state index contributed by atoms with van der Waals surface area (Å²) in [7, 11) is 0. The highest BCUT2D eigenvalue weighted by molar-refractivity contribution is 5.83. The number of hydrogen-bond acceptors (Lipinski definition) is 2. The standard InChI is InChI=1S/C16H17NO2/c1-10-7-8-11(2)13(9-10)15(16(18)19)12-5-3-4-6-14(12)17/h3-9,15H,17H2,1-2H3,(H,18,19). The zero-order chi connectivity index (χ0) is 14.0. The van der Waals surface area contributed by atoms with E-state index in [1.807, 2.05) is 38.1 Å². The van der Waals surface area contributed by atoms with Gasteiger partial charge in [0, 0.05) is 5.69 Å². The van der Waals surface area contributed by atoms with Gasteiger partial charge in [-0.1, -0.05) is 42.0 Å². The molecule has 0 saturated carbocycles. The smallest absolute Gasteiger partial charge is 0.315 e. The molecule has 3 nitrogen and oxygen atoms in total. The van der Waals surface area contributed by atoms with Crippen LogP contribution in [-0.4, -0.2) is 11.1 Å². The van der Waals surface area contributed by atoms with Gasteiger partial charge in [-0.3, -0.25) is 4.79 Å². The lowest BCUT2D eigenvalue weighted by molar-refractivity contribution is -0.137. The monoisotopic (exact) mass is 255 g/mol. The van der Waals surface area contributed by atoms with Crippen molar-refractivity contribution in [3.8, 4) is 0 Å². The lowest BCUT2D eigenvalue weighted by Gasteiger charge is -2.18.